The number of aromatic nitrogens is 4. The molecule has 2 aromatic rings. The normalized spacial score (nSPS) is 22.1. The molecule has 28 heavy (non-hydrogen) atoms. The molecule has 0 spiro atoms. The molecule has 2 aliphatic rings. The zero-order chi connectivity index (χ0) is 19.5. The van der Waals surface area contributed by atoms with E-state index in [0.717, 1.165) is 63.0 Å². The summed E-state index contributed by atoms with van der Waals surface area (Å²) < 4.78 is 7.75. The van der Waals surface area contributed by atoms with E-state index < -0.39 is 0 Å². The molecule has 0 radical (unpaired) electrons. The molecular formula is C20H29ClN6O. The van der Waals surface area contributed by atoms with Crippen LogP contribution in [0.3, 0.4) is 0 Å². The van der Waals surface area contributed by atoms with E-state index in [2.05, 4.69) is 45.2 Å². The second-order valence-electron chi connectivity index (χ2n) is 8.05. The Hall–Kier alpha value is -1.70. The number of hydrogen-bond donors (Lipinski definition) is 0. The molecule has 2 fully saturated rings. The lowest BCUT2D eigenvalue weighted by molar-refractivity contribution is 0.0865. The molecule has 1 aromatic carbocycles. The van der Waals surface area contributed by atoms with Crippen molar-refractivity contribution in [2.75, 3.05) is 37.7 Å². The van der Waals surface area contributed by atoms with E-state index in [-0.39, 0.29) is 12.1 Å². The molecule has 0 amide bonds. The number of tetrazole rings is 1. The minimum Gasteiger partial charge on any atom is -0.376 e. The van der Waals surface area contributed by atoms with Crippen LogP contribution in [0.1, 0.15) is 38.6 Å². The molecule has 4 rings (SSSR count). The lowest BCUT2D eigenvalue weighted by Gasteiger charge is -2.41. The molecule has 0 aliphatic carbocycles. The SMILES string of the molecule is CC(C)[C@@H](c1nnnn1C[C@@H]1CCCO1)N1CCN(c2cccc(Cl)c2)CC1. The number of benzene rings is 1. The lowest BCUT2D eigenvalue weighted by Crippen LogP contribution is -2.49. The second kappa shape index (κ2) is 8.76. The summed E-state index contributed by atoms with van der Waals surface area (Å²) in [6.45, 7) is 9.98. The van der Waals surface area contributed by atoms with E-state index in [0.29, 0.717) is 5.92 Å². The first-order chi connectivity index (χ1) is 13.6. The minimum atomic E-state index is 0.206. The average molecular weight is 405 g/mol. The average Bonchev–Trinajstić information content (AvgIpc) is 3.35. The molecular weight excluding hydrogens is 376 g/mol. The Balaban J connectivity index is 1.45. The fourth-order valence-corrected chi connectivity index (χ4v) is 4.53. The number of hydrogen-bond acceptors (Lipinski definition) is 6. The van der Waals surface area contributed by atoms with Crippen LogP contribution in [0.2, 0.25) is 5.02 Å². The number of nitrogens with zero attached hydrogens (tertiary/aromatic N) is 6. The summed E-state index contributed by atoms with van der Waals surface area (Å²) in [5.74, 6) is 1.38. The van der Waals surface area contributed by atoms with Crippen LogP contribution in [0.25, 0.3) is 0 Å². The van der Waals surface area contributed by atoms with Crippen molar-refractivity contribution in [2.45, 2.75) is 45.4 Å². The first-order valence-electron chi connectivity index (χ1n) is 10.2. The maximum atomic E-state index is 6.17. The Kier molecular flexibility index (Phi) is 6.13. The van der Waals surface area contributed by atoms with Crippen molar-refractivity contribution in [1.82, 2.24) is 25.1 Å². The summed E-state index contributed by atoms with van der Waals surface area (Å²) in [7, 11) is 0. The van der Waals surface area contributed by atoms with Crippen molar-refractivity contribution in [3.05, 3.63) is 35.1 Å². The Morgan fingerprint density at radius 1 is 1.21 bits per heavy atom. The van der Waals surface area contributed by atoms with Gasteiger partial charge in [0.15, 0.2) is 5.82 Å². The van der Waals surface area contributed by atoms with Crippen LogP contribution in [0.5, 0.6) is 0 Å². The summed E-state index contributed by atoms with van der Waals surface area (Å²) in [5, 5.41) is 13.5. The quantitative estimate of drug-likeness (QED) is 0.737. The van der Waals surface area contributed by atoms with Gasteiger partial charge in [-0.1, -0.05) is 31.5 Å². The third-order valence-electron chi connectivity index (χ3n) is 5.74. The summed E-state index contributed by atoms with van der Waals surface area (Å²) in [6.07, 6.45) is 2.44. The van der Waals surface area contributed by atoms with Gasteiger partial charge in [-0.25, -0.2) is 4.68 Å². The van der Waals surface area contributed by atoms with Gasteiger partial charge in [-0.2, -0.15) is 0 Å². The molecule has 0 unspecified atom stereocenters. The molecule has 2 saturated heterocycles. The highest BCUT2D eigenvalue weighted by Gasteiger charge is 2.32. The molecule has 152 valence electrons. The molecule has 1 aromatic heterocycles. The van der Waals surface area contributed by atoms with Crippen molar-refractivity contribution in [3.8, 4) is 0 Å². The van der Waals surface area contributed by atoms with Gasteiger partial charge in [0.25, 0.3) is 0 Å². The Bertz CT molecular complexity index is 768. The second-order valence-corrected chi connectivity index (χ2v) is 8.48. The summed E-state index contributed by atoms with van der Waals surface area (Å²) in [4.78, 5) is 4.92. The van der Waals surface area contributed by atoms with E-state index >= 15 is 0 Å². The minimum absolute atomic E-state index is 0.206. The van der Waals surface area contributed by atoms with Gasteiger partial charge in [0.1, 0.15) is 0 Å². The van der Waals surface area contributed by atoms with Crippen molar-refractivity contribution in [3.63, 3.8) is 0 Å². The summed E-state index contributed by atoms with van der Waals surface area (Å²) in [5.41, 5.74) is 1.19. The topological polar surface area (TPSA) is 59.3 Å². The van der Waals surface area contributed by atoms with Crippen LogP contribution < -0.4 is 4.90 Å². The van der Waals surface area contributed by atoms with Crippen LogP contribution in [-0.2, 0) is 11.3 Å². The summed E-state index contributed by atoms with van der Waals surface area (Å²) >= 11 is 6.17. The predicted octanol–water partition coefficient (Wildman–Crippen LogP) is 3.02. The van der Waals surface area contributed by atoms with Gasteiger partial charge < -0.3 is 9.64 Å². The van der Waals surface area contributed by atoms with E-state index in [1.54, 1.807) is 0 Å². The number of ether oxygens (including phenoxy) is 1. The predicted molar refractivity (Wildman–Crippen MR) is 110 cm³/mol. The van der Waals surface area contributed by atoms with Gasteiger partial charge in [-0.3, -0.25) is 4.90 Å². The maximum Gasteiger partial charge on any atom is 0.168 e. The maximum absolute atomic E-state index is 6.17. The molecule has 7 nitrogen and oxygen atoms in total. The van der Waals surface area contributed by atoms with Crippen molar-refractivity contribution in [1.29, 1.82) is 0 Å². The van der Waals surface area contributed by atoms with Crippen LogP contribution in [0.4, 0.5) is 5.69 Å². The molecule has 0 saturated carbocycles. The van der Waals surface area contributed by atoms with E-state index in [9.17, 15) is 0 Å². The monoisotopic (exact) mass is 404 g/mol. The first kappa shape index (κ1) is 19.6. The highest BCUT2D eigenvalue weighted by atomic mass is 35.5. The van der Waals surface area contributed by atoms with Gasteiger partial charge in [0.05, 0.1) is 18.7 Å². The molecule has 2 aliphatic heterocycles. The van der Waals surface area contributed by atoms with Crippen LogP contribution in [0.15, 0.2) is 24.3 Å². The third kappa shape index (κ3) is 4.31. The van der Waals surface area contributed by atoms with Crippen molar-refractivity contribution in [2.24, 2.45) is 5.92 Å². The smallest absolute Gasteiger partial charge is 0.168 e. The molecule has 8 heteroatoms. The van der Waals surface area contributed by atoms with Crippen LogP contribution >= 0.6 is 11.6 Å². The number of anilines is 1. The zero-order valence-corrected chi connectivity index (χ0v) is 17.4. The molecule has 2 atom stereocenters. The Labute approximate surface area is 171 Å². The Morgan fingerprint density at radius 2 is 2.04 bits per heavy atom. The highest BCUT2D eigenvalue weighted by Crippen LogP contribution is 2.30. The van der Waals surface area contributed by atoms with Crippen LogP contribution in [0, 0.1) is 5.92 Å². The van der Waals surface area contributed by atoms with Gasteiger partial charge in [0, 0.05) is 43.5 Å². The molecule has 0 N–H and O–H groups in total. The molecule has 3 heterocycles. The van der Waals surface area contributed by atoms with E-state index in [4.69, 9.17) is 16.3 Å². The van der Waals surface area contributed by atoms with E-state index in [1.807, 2.05) is 22.9 Å². The Morgan fingerprint density at radius 3 is 2.71 bits per heavy atom. The van der Waals surface area contributed by atoms with Gasteiger partial charge >= 0.3 is 0 Å². The van der Waals surface area contributed by atoms with Crippen LogP contribution in [-0.4, -0.2) is 64.0 Å². The number of rotatable bonds is 6. The number of halogens is 1. The fraction of sp³-hybridized carbons (Fsp3) is 0.650. The highest BCUT2D eigenvalue weighted by molar-refractivity contribution is 6.30. The third-order valence-corrected chi connectivity index (χ3v) is 5.97. The van der Waals surface area contributed by atoms with Crippen molar-refractivity contribution < 1.29 is 4.74 Å². The standard InChI is InChI=1S/C20H29ClN6O/c1-15(2)19(20-22-23-24-27(20)14-18-7-4-12-28-18)26-10-8-25(9-11-26)17-6-3-5-16(21)13-17/h3,5-6,13,15,18-19H,4,7-12,14H2,1-2H3/t18-,19-/m0/s1. The fourth-order valence-electron chi connectivity index (χ4n) is 4.35. The number of piperazine rings is 1. The summed E-state index contributed by atoms with van der Waals surface area (Å²) in [6, 6.07) is 8.31. The van der Waals surface area contributed by atoms with Gasteiger partial charge in [-0.15, -0.1) is 5.10 Å². The zero-order valence-electron chi connectivity index (χ0n) is 16.7. The molecule has 0 bridgehead atoms. The van der Waals surface area contributed by atoms with E-state index in [1.165, 1.54) is 5.69 Å². The van der Waals surface area contributed by atoms with Crippen molar-refractivity contribution >= 4 is 17.3 Å². The van der Waals surface area contributed by atoms with Gasteiger partial charge in [-0.05, 0) is 47.4 Å². The largest absolute Gasteiger partial charge is 0.376 e. The van der Waals surface area contributed by atoms with Gasteiger partial charge in [0.2, 0.25) is 0 Å². The lowest BCUT2D eigenvalue weighted by atomic mass is 10.0. The first-order valence-corrected chi connectivity index (χ1v) is 10.6.